The Hall–Kier alpha value is -0.120. The van der Waals surface area contributed by atoms with Crippen LogP contribution >= 0.6 is 0 Å². The van der Waals surface area contributed by atoms with E-state index < -0.39 is 0 Å². The number of piperidine rings is 1. The second kappa shape index (κ2) is 6.72. The van der Waals surface area contributed by atoms with Crippen LogP contribution in [0.4, 0.5) is 0 Å². The van der Waals surface area contributed by atoms with Crippen LogP contribution in [0.1, 0.15) is 45.4 Å². The van der Waals surface area contributed by atoms with E-state index in [-0.39, 0.29) is 0 Å². The predicted molar refractivity (Wildman–Crippen MR) is 71.0 cm³/mol. The zero-order valence-electron chi connectivity index (χ0n) is 11.2. The number of rotatable bonds is 5. The molecule has 2 fully saturated rings. The first-order chi connectivity index (χ1) is 8.29. The third-order valence-corrected chi connectivity index (χ3v) is 4.40. The van der Waals surface area contributed by atoms with Gasteiger partial charge in [0, 0.05) is 19.2 Å². The average molecular weight is 240 g/mol. The van der Waals surface area contributed by atoms with Crippen molar-refractivity contribution in [3.8, 4) is 0 Å². The molecule has 0 bridgehead atoms. The maximum Gasteiger partial charge on any atom is 0.0702 e. The normalized spacial score (nSPS) is 35.3. The average Bonchev–Trinajstić information content (AvgIpc) is 2.73. The van der Waals surface area contributed by atoms with E-state index in [0.717, 1.165) is 19.1 Å². The van der Waals surface area contributed by atoms with Gasteiger partial charge in [0.1, 0.15) is 0 Å². The zero-order chi connectivity index (χ0) is 12.1. The summed E-state index contributed by atoms with van der Waals surface area (Å²) in [6.45, 7) is 6.56. The molecule has 0 aromatic heterocycles. The van der Waals surface area contributed by atoms with Crippen LogP contribution in [0, 0.1) is 5.92 Å². The summed E-state index contributed by atoms with van der Waals surface area (Å²) in [6, 6.07) is 0.475. The molecule has 3 unspecified atom stereocenters. The summed E-state index contributed by atoms with van der Waals surface area (Å²) < 4.78 is 5.74. The van der Waals surface area contributed by atoms with Gasteiger partial charge in [0.05, 0.1) is 6.10 Å². The molecule has 3 nitrogen and oxygen atoms in total. The van der Waals surface area contributed by atoms with E-state index in [0.29, 0.717) is 12.1 Å². The van der Waals surface area contributed by atoms with Gasteiger partial charge in [-0.25, -0.2) is 0 Å². The summed E-state index contributed by atoms with van der Waals surface area (Å²) in [7, 11) is 0. The molecule has 0 spiro atoms. The van der Waals surface area contributed by atoms with E-state index in [4.69, 9.17) is 10.5 Å². The van der Waals surface area contributed by atoms with Gasteiger partial charge in [-0.15, -0.1) is 0 Å². The highest BCUT2D eigenvalue weighted by Gasteiger charge is 2.25. The first-order valence-electron chi connectivity index (χ1n) is 7.39. The smallest absolute Gasteiger partial charge is 0.0702 e. The molecule has 3 atom stereocenters. The summed E-state index contributed by atoms with van der Waals surface area (Å²) in [5.41, 5.74) is 6.13. The highest BCUT2D eigenvalue weighted by molar-refractivity contribution is 4.82. The Morgan fingerprint density at radius 1 is 1.24 bits per heavy atom. The van der Waals surface area contributed by atoms with Crippen molar-refractivity contribution in [2.75, 3.05) is 26.2 Å². The Morgan fingerprint density at radius 2 is 2.12 bits per heavy atom. The maximum absolute atomic E-state index is 6.13. The van der Waals surface area contributed by atoms with Crippen molar-refractivity contribution >= 4 is 0 Å². The van der Waals surface area contributed by atoms with Crippen molar-refractivity contribution < 1.29 is 4.74 Å². The molecule has 0 radical (unpaired) electrons. The Kier molecular flexibility index (Phi) is 5.26. The van der Waals surface area contributed by atoms with Crippen LogP contribution in [0.5, 0.6) is 0 Å². The molecule has 0 aromatic carbocycles. The lowest BCUT2D eigenvalue weighted by Gasteiger charge is -2.33. The largest absolute Gasteiger partial charge is 0.377 e. The van der Waals surface area contributed by atoms with Crippen molar-refractivity contribution in [2.45, 2.75) is 57.6 Å². The number of hydrogen-bond donors (Lipinski definition) is 1. The third kappa shape index (κ3) is 3.94. The van der Waals surface area contributed by atoms with E-state index >= 15 is 0 Å². The van der Waals surface area contributed by atoms with E-state index in [1.807, 2.05) is 0 Å². The Balaban J connectivity index is 1.67. The van der Waals surface area contributed by atoms with Gasteiger partial charge in [-0.3, -0.25) is 0 Å². The third-order valence-electron chi connectivity index (χ3n) is 4.40. The molecule has 0 amide bonds. The molecule has 17 heavy (non-hydrogen) atoms. The first kappa shape index (κ1) is 13.3. The molecule has 0 aromatic rings. The second-order valence-electron chi connectivity index (χ2n) is 5.66. The molecule has 1 aliphatic heterocycles. The molecule has 1 aliphatic carbocycles. The number of nitrogens with two attached hydrogens (primary N) is 1. The van der Waals surface area contributed by atoms with Gasteiger partial charge in [-0.2, -0.15) is 0 Å². The van der Waals surface area contributed by atoms with Crippen LogP contribution in [-0.2, 0) is 4.74 Å². The Labute approximate surface area is 106 Å². The number of ether oxygens (including phenoxy) is 1. The van der Waals surface area contributed by atoms with E-state index in [1.165, 1.54) is 51.6 Å². The molecule has 1 saturated heterocycles. The fraction of sp³-hybridized carbons (Fsp3) is 1.00. The lowest BCUT2D eigenvalue weighted by atomic mass is 9.99. The summed E-state index contributed by atoms with van der Waals surface area (Å²) in [6.07, 6.45) is 8.24. The minimum absolute atomic E-state index is 0.475. The van der Waals surface area contributed by atoms with Gasteiger partial charge in [0.25, 0.3) is 0 Å². The van der Waals surface area contributed by atoms with E-state index in [2.05, 4.69) is 11.8 Å². The fourth-order valence-corrected chi connectivity index (χ4v) is 3.36. The Morgan fingerprint density at radius 3 is 2.82 bits per heavy atom. The van der Waals surface area contributed by atoms with Crippen molar-refractivity contribution in [1.29, 1.82) is 0 Å². The van der Waals surface area contributed by atoms with Crippen molar-refractivity contribution in [3.05, 3.63) is 0 Å². The lowest BCUT2D eigenvalue weighted by Crippen LogP contribution is -2.41. The van der Waals surface area contributed by atoms with E-state index in [1.54, 1.807) is 0 Å². The predicted octanol–water partition coefficient (Wildman–Crippen LogP) is 2.00. The van der Waals surface area contributed by atoms with Crippen molar-refractivity contribution in [2.24, 2.45) is 11.7 Å². The number of hydrogen-bond acceptors (Lipinski definition) is 3. The number of nitrogens with zero attached hydrogens (tertiary/aromatic N) is 1. The standard InChI is InChI=1S/C14H28N2O/c1-2-17-13-6-4-9-16(11-13)10-8-12-5-3-7-14(12)15/h12-14H,2-11,15H2,1H3. The molecule has 2 rings (SSSR count). The molecular formula is C14H28N2O. The van der Waals surface area contributed by atoms with Crippen LogP contribution in [0.2, 0.25) is 0 Å². The molecule has 2 aliphatic rings. The van der Waals surface area contributed by atoms with Crippen LogP contribution < -0.4 is 5.73 Å². The lowest BCUT2D eigenvalue weighted by molar-refractivity contribution is 0.00455. The molecule has 1 heterocycles. The van der Waals surface area contributed by atoms with Crippen molar-refractivity contribution in [1.82, 2.24) is 4.90 Å². The maximum atomic E-state index is 6.13. The quantitative estimate of drug-likeness (QED) is 0.799. The van der Waals surface area contributed by atoms with Gasteiger partial charge >= 0.3 is 0 Å². The Bertz CT molecular complexity index is 220. The van der Waals surface area contributed by atoms with Gasteiger partial charge < -0.3 is 15.4 Å². The summed E-state index contributed by atoms with van der Waals surface area (Å²) >= 11 is 0. The first-order valence-corrected chi connectivity index (χ1v) is 7.39. The van der Waals surface area contributed by atoms with Gasteiger partial charge in [0.15, 0.2) is 0 Å². The molecule has 100 valence electrons. The topological polar surface area (TPSA) is 38.5 Å². The SMILES string of the molecule is CCOC1CCCN(CCC2CCCC2N)C1. The summed E-state index contributed by atoms with van der Waals surface area (Å²) in [4.78, 5) is 2.58. The highest BCUT2D eigenvalue weighted by Crippen LogP contribution is 2.27. The summed E-state index contributed by atoms with van der Waals surface area (Å²) in [5, 5.41) is 0. The minimum Gasteiger partial charge on any atom is -0.377 e. The van der Waals surface area contributed by atoms with Crippen LogP contribution in [0.3, 0.4) is 0 Å². The molecule has 1 saturated carbocycles. The van der Waals surface area contributed by atoms with Gasteiger partial charge in [-0.05, 0) is 58.0 Å². The highest BCUT2D eigenvalue weighted by atomic mass is 16.5. The van der Waals surface area contributed by atoms with E-state index in [9.17, 15) is 0 Å². The second-order valence-corrected chi connectivity index (χ2v) is 5.66. The molecule has 3 heteroatoms. The van der Waals surface area contributed by atoms with Crippen LogP contribution in [0.25, 0.3) is 0 Å². The summed E-state index contributed by atoms with van der Waals surface area (Å²) in [5.74, 6) is 0.780. The number of likely N-dealkylation sites (tertiary alicyclic amines) is 1. The fourth-order valence-electron chi connectivity index (χ4n) is 3.36. The molecule has 2 N–H and O–H groups in total. The minimum atomic E-state index is 0.475. The molecular weight excluding hydrogens is 212 g/mol. The van der Waals surface area contributed by atoms with Crippen LogP contribution in [-0.4, -0.2) is 43.3 Å². The van der Waals surface area contributed by atoms with Crippen LogP contribution in [0.15, 0.2) is 0 Å². The van der Waals surface area contributed by atoms with Gasteiger partial charge in [-0.1, -0.05) is 6.42 Å². The zero-order valence-corrected chi connectivity index (χ0v) is 11.2. The van der Waals surface area contributed by atoms with Crippen molar-refractivity contribution in [3.63, 3.8) is 0 Å². The van der Waals surface area contributed by atoms with Gasteiger partial charge in [0.2, 0.25) is 0 Å². The monoisotopic (exact) mass is 240 g/mol.